The van der Waals surface area contributed by atoms with Crippen molar-refractivity contribution >= 4 is 21.6 Å². The molecule has 2 rings (SSSR count). The number of sulfonamides is 1. The number of carbonyl (C=O) groups is 1. The average Bonchev–Trinajstić information content (AvgIpc) is 2.64. The van der Waals surface area contributed by atoms with E-state index in [4.69, 9.17) is 4.74 Å². The van der Waals surface area contributed by atoms with E-state index in [-0.39, 0.29) is 18.8 Å². The third-order valence-corrected chi connectivity index (χ3v) is 5.59. The maximum atomic E-state index is 13.5. The Morgan fingerprint density at radius 1 is 1.14 bits per heavy atom. The molecule has 0 radical (unpaired) electrons. The van der Waals surface area contributed by atoms with Crippen LogP contribution >= 0.6 is 0 Å². The molecule has 6 nitrogen and oxygen atoms in total. The molecule has 0 aliphatic heterocycles. The minimum absolute atomic E-state index is 0.0947. The van der Waals surface area contributed by atoms with Crippen LogP contribution < -0.4 is 14.4 Å². The predicted octanol–water partition coefficient (Wildman–Crippen LogP) is 3.30. The number of anilines is 1. The molecular weight excluding hydrogens is 395 g/mol. The van der Waals surface area contributed by atoms with Gasteiger partial charge in [-0.25, -0.2) is 12.8 Å². The molecule has 0 heterocycles. The van der Waals surface area contributed by atoms with Gasteiger partial charge in [-0.05, 0) is 42.7 Å². The van der Waals surface area contributed by atoms with E-state index in [0.29, 0.717) is 5.92 Å². The number of nitrogens with one attached hydrogen (secondary N) is 1. The van der Waals surface area contributed by atoms with E-state index >= 15 is 0 Å². The van der Waals surface area contributed by atoms with Crippen molar-refractivity contribution in [2.45, 2.75) is 32.7 Å². The number of hydrogen-bond acceptors (Lipinski definition) is 4. The second kappa shape index (κ2) is 9.73. The largest absolute Gasteiger partial charge is 0.491 e. The molecule has 0 fully saturated rings. The highest BCUT2D eigenvalue weighted by Gasteiger charge is 2.29. The lowest BCUT2D eigenvalue weighted by atomic mass is 10.0. The van der Waals surface area contributed by atoms with Crippen LogP contribution in [0.4, 0.5) is 10.1 Å². The first-order chi connectivity index (χ1) is 13.6. The maximum Gasteiger partial charge on any atom is 0.243 e. The van der Waals surface area contributed by atoms with Crippen LogP contribution in [0.2, 0.25) is 0 Å². The normalized spacial score (nSPS) is 12.5. The molecule has 158 valence electrons. The molecule has 29 heavy (non-hydrogen) atoms. The van der Waals surface area contributed by atoms with E-state index in [2.05, 4.69) is 19.2 Å². The van der Waals surface area contributed by atoms with Crippen LogP contribution in [0.1, 0.15) is 32.3 Å². The Kier molecular flexibility index (Phi) is 7.61. The zero-order valence-corrected chi connectivity index (χ0v) is 17.9. The lowest BCUT2D eigenvalue weighted by Gasteiger charge is -2.28. The minimum Gasteiger partial charge on any atom is -0.491 e. The molecule has 0 aliphatic rings. The Morgan fingerprint density at radius 2 is 1.83 bits per heavy atom. The van der Waals surface area contributed by atoms with Crippen LogP contribution in [0.15, 0.2) is 48.5 Å². The van der Waals surface area contributed by atoms with Gasteiger partial charge in [-0.3, -0.25) is 9.10 Å². The molecule has 0 unspecified atom stereocenters. The standard InChI is InChI=1S/C21H27FN2O4S/c1-15(2)19-10-5-6-11-20(19)28-13-12-23-21(25)16(3)24(29(4,26)27)18-9-7-8-17(22)14-18/h5-11,14-16H,12-13H2,1-4H3,(H,23,25)/t16-/m0/s1. The first kappa shape index (κ1) is 22.7. The molecule has 0 saturated carbocycles. The maximum absolute atomic E-state index is 13.5. The summed E-state index contributed by atoms with van der Waals surface area (Å²) in [5.74, 6) is -0.0286. The number of para-hydroxylation sites is 1. The highest BCUT2D eigenvalue weighted by molar-refractivity contribution is 7.92. The zero-order valence-electron chi connectivity index (χ0n) is 17.1. The first-order valence-electron chi connectivity index (χ1n) is 9.35. The number of hydrogen-bond donors (Lipinski definition) is 1. The molecule has 0 aliphatic carbocycles. The minimum atomic E-state index is -3.79. The fraction of sp³-hybridized carbons (Fsp3) is 0.381. The van der Waals surface area contributed by atoms with Crippen LogP contribution in [0, 0.1) is 5.82 Å². The van der Waals surface area contributed by atoms with E-state index in [0.717, 1.165) is 27.9 Å². The molecule has 1 amide bonds. The quantitative estimate of drug-likeness (QED) is 0.629. The topological polar surface area (TPSA) is 75.7 Å². The van der Waals surface area contributed by atoms with Crippen molar-refractivity contribution < 1.29 is 22.3 Å². The van der Waals surface area contributed by atoms with Crippen molar-refractivity contribution in [3.8, 4) is 5.75 Å². The highest BCUT2D eigenvalue weighted by Crippen LogP contribution is 2.25. The van der Waals surface area contributed by atoms with Crippen molar-refractivity contribution in [1.29, 1.82) is 0 Å². The van der Waals surface area contributed by atoms with Gasteiger partial charge in [0.25, 0.3) is 0 Å². The fourth-order valence-corrected chi connectivity index (χ4v) is 4.16. The van der Waals surface area contributed by atoms with Crippen LogP contribution in [-0.4, -0.2) is 39.8 Å². The SMILES string of the molecule is CC(C)c1ccccc1OCCNC(=O)[C@H](C)N(c1cccc(F)c1)S(C)(=O)=O. The molecule has 2 aromatic carbocycles. The molecule has 0 bridgehead atoms. The summed E-state index contributed by atoms with van der Waals surface area (Å²) in [5, 5.41) is 2.67. The average molecular weight is 423 g/mol. The van der Waals surface area contributed by atoms with Gasteiger partial charge in [0.15, 0.2) is 0 Å². The number of ether oxygens (including phenoxy) is 1. The van der Waals surface area contributed by atoms with Gasteiger partial charge in [0.05, 0.1) is 18.5 Å². The summed E-state index contributed by atoms with van der Waals surface area (Å²) < 4.78 is 44.6. The zero-order chi connectivity index (χ0) is 21.6. The lowest BCUT2D eigenvalue weighted by molar-refractivity contribution is -0.121. The summed E-state index contributed by atoms with van der Waals surface area (Å²) >= 11 is 0. The van der Waals surface area contributed by atoms with Crippen LogP contribution in [0.3, 0.4) is 0 Å². The summed E-state index contributed by atoms with van der Waals surface area (Å²) in [6, 6.07) is 11.8. The van der Waals surface area contributed by atoms with E-state index < -0.39 is 27.8 Å². The monoisotopic (exact) mass is 422 g/mol. The van der Waals surface area contributed by atoms with Gasteiger partial charge in [0, 0.05) is 0 Å². The third-order valence-electron chi connectivity index (χ3n) is 4.35. The Labute approximate surface area is 171 Å². The van der Waals surface area contributed by atoms with Crippen LogP contribution in [0.5, 0.6) is 5.75 Å². The van der Waals surface area contributed by atoms with Gasteiger partial charge in [0.2, 0.25) is 15.9 Å². The molecule has 0 spiro atoms. The van der Waals surface area contributed by atoms with Gasteiger partial charge in [-0.2, -0.15) is 0 Å². The number of carbonyl (C=O) groups excluding carboxylic acids is 1. The molecule has 0 saturated heterocycles. The smallest absolute Gasteiger partial charge is 0.243 e. The lowest BCUT2D eigenvalue weighted by Crippen LogP contribution is -2.48. The van der Waals surface area contributed by atoms with Crippen molar-refractivity contribution in [2.75, 3.05) is 23.7 Å². The fourth-order valence-electron chi connectivity index (χ4n) is 2.99. The second-order valence-electron chi connectivity index (χ2n) is 7.05. The third kappa shape index (κ3) is 6.19. The molecule has 1 N–H and O–H groups in total. The summed E-state index contributed by atoms with van der Waals surface area (Å²) in [6.07, 6.45) is 0.980. The number of benzene rings is 2. The number of rotatable bonds is 9. The second-order valence-corrected chi connectivity index (χ2v) is 8.91. The van der Waals surface area contributed by atoms with E-state index in [1.807, 2.05) is 24.3 Å². The van der Waals surface area contributed by atoms with Crippen LogP contribution in [-0.2, 0) is 14.8 Å². The van der Waals surface area contributed by atoms with Crippen molar-refractivity contribution in [3.63, 3.8) is 0 Å². The van der Waals surface area contributed by atoms with Gasteiger partial charge in [0.1, 0.15) is 24.2 Å². The van der Waals surface area contributed by atoms with Crippen molar-refractivity contribution in [2.24, 2.45) is 0 Å². The Balaban J connectivity index is 2.00. The number of halogens is 1. The number of nitrogens with zero attached hydrogens (tertiary/aromatic N) is 1. The van der Waals surface area contributed by atoms with Gasteiger partial charge < -0.3 is 10.1 Å². The molecule has 0 aromatic heterocycles. The van der Waals surface area contributed by atoms with E-state index in [9.17, 15) is 17.6 Å². The molecule has 2 aromatic rings. The summed E-state index contributed by atoms with van der Waals surface area (Å²) in [4.78, 5) is 12.5. The summed E-state index contributed by atoms with van der Waals surface area (Å²) in [6.45, 7) is 6.03. The van der Waals surface area contributed by atoms with E-state index in [1.54, 1.807) is 0 Å². The summed E-state index contributed by atoms with van der Waals surface area (Å²) in [5.41, 5.74) is 1.17. The Bertz CT molecular complexity index is 947. The van der Waals surface area contributed by atoms with Gasteiger partial charge in [-0.15, -0.1) is 0 Å². The Morgan fingerprint density at radius 3 is 2.45 bits per heavy atom. The van der Waals surface area contributed by atoms with Gasteiger partial charge in [-0.1, -0.05) is 38.1 Å². The number of amides is 1. The molecule has 8 heteroatoms. The highest BCUT2D eigenvalue weighted by atomic mass is 32.2. The van der Waals surface area contributed by atoms with E-state index in [1.165, 1.54) is 25.1 Å². The van der Waals surface area contributed by atoms with Gasteiger partial charge >= 0.3 is 0 Å². The predicted molar refractivity (Wildman–Crippen MR) is 112 cm³/mol. The molecular formula is C21H27FN2O4S. The van der Waals surface area contributed by atoms with Crippen molar-refractivity contribution in [1.82, 2.24) is 5.32 Å². The van der Waals surface area contributed by atoms with Crippen molar-refractivity contribution in [3.05, 3.63) is 59.9 Å². The Hall–Kier alpha value is -2.61. The molecule has 1 atom stereocenters. The first-order valence-corrected chi connectivity index (χ1v) is 11.2. The van der Waals surface area contributed by atoms with Crippen LogP contribution in [0.25, 0.3) is 0 Å². The summed E-state index contributed by atoms with van der Waals surface area (Å²) in [7, 11) is -3.79.